The number of hydrogen-bond acceptors (Lipinski definition) is 5. The van der Waals surface area contributed by atoms with Crippen molar-refractivity contribution in [2.45, 2.75) is 44.4 Å². The number of aromatic nitrogens is 4. The summed E-state index contributed by atoms with van der Waals surface area (Å²) in [6.45, 7) is 5.23. The maximum atomic E-state index is 13.7. The SMILES string of the molecule is Cc1ccc(-n2ncc3c(=O)n4c(nc32)SCC4CC(=O)N(CCc2ccccc2)Cc2ccccc2)c(C)c1. The number of nitrogens with zero attached hydrogens (tertiary/aromatic N) is 5. The summed E-state index contributed by atoms with van der Waals surface area (Å²) in [5, 5.41) is 5.63. The zero-order valence-electron chi connectivity index (χ0n) is 22.7. The van der Waals surface area contributed by atoms with Crippen LogP contribution in [0.1, 0.15) is 34.7 Å². The minimum Gasteiger partial charge on any atom is -0.338 e. The molecule has 0 saturated carbocycles. The number of thioether (sulfide) groups is 1. The Balaban J connectivity index is 1.27. The second-order valence-corrected chi connectivity index (χ2v) is 11.3. The lowest BCUT2D eigenvalue weighted by atomic mass is 10.1. The molecule has 0 radical (unpaired) electrons. The summed E-state index contributed by atoms with van der Waals surface area (Å²) in [6, 6.07) is 26.2. The number of amides is 1. The largest absolute Gasteiger partial charge is 0.338 e. The molecule has 1 aliphatic rings. The van der Waals surface area contributed by atoms with Gasteiger partial charge in [-0.3, -0.25) is 14.2 Å². The van der Waals surface area contributed by atoms with Crippen LogP contribution in [0.25, 0.3) is 16.7 Å². The zero-order chi connectivity index (χ0) is 27.6. The quantitative estimate of drug-likeness (QED) is 0.239. The lowest BCUT2D eigenvalue weighted by Gasteiger charge is -2.25. The molecule has 1 unspecified atom stereocenters. The van der Waals surface area contributed by atoms with Gasteiger partial charge in [-0.2, -0.15) is 5.10 Å². The molecule has 7 nitrogen and oxygen atoms in total. The molecular formula is C32H31N5O2S. The number of carbonyl (C=O) groups is 1. The molecule has 1 atom stereocenters. The van der Waals surface area contributed by atoms with E-state index in [0.717, 1.165) is 23.2 Å². The molecule has 202 valence electrons. The van der Waals surface area contributed by atoms with Gasteiger partial charge >= 0.3 is 0 Å². The third-order valence-electron chi connectivity index (χ3n) is 7.44. The van der Waals surface area contributed by atoms with Crippen LogP contribution in [-0.4, -0.2) is 42.4 Å². The van der Waals surface area contributed by atoms with Crippen LogP contribution in [0.4, 0.5) is 0 Å². The van der Waals surface area contributed by atoms with Gasteiger partial charge in [0.25, 0.3) is 5.56 Å². The van der Waals surface area contributed by atoms with Gasteiger partial charge in [0, 0.05) is 25.3 Å². The van der Waals surface area contributed by atoms with Crippen molar-refractivity contribution in [2.24, 2.45) is 0 Å². The second kappa shape index (κ2) is 11.1. The van der Waals surface area contributed by atoms with E-state index in [0.29, 0.717) is 35.0 Å². The number of carbonyl (C=O) groups excluding carboxylic acids is 1. The smallest absolute Gasteiger partial charge is 0.265 e. The van der Waals surface area contributed by atoms with Gasteiger partial charge < -0.3 is 4.90 Å². The molecule has 0 spiro atoms. The summed E-state index contributed by atoms with van der Waals surface area (Å²) in [5.41, 5.74) is 5.83. The van der Waals surface area contributed by atoms with E-state index in [1.165, 1.54) is 22.9 Å². The Kier molecular flexibility index (Phi) is 7.26. The monoisotopic (exact) mass is 549 g/mol. The Hall–Kier alpha value is -4.17. The van der Waals surface area contributed by atoms with Crippen molar-refractivity contribution in [3.63, 3.8) is 0 Å². The fraction of sp³-hybridized carbons (Fsp3) is 0.250. The molecule has 0 fully saturated rings. The highest BCUT2D eigenvalue weighted by Gasteiger charge is 2.31. The van der Waals surface area contributed by atoms with Gasteiger partial charge in [0.05, 0.1) is 17.9 Å². The molecule has 2 aromatic heterocycles. The maximum Gasteiger partial charge on any atom is 0.265 e. The van der Waals surface area contributed by atoms with Crippen LogP contribution in [0.3, 0.4) is 0 Å². The topological polar surface area (TPSA) is 73.0 Å². The third-order valence-corrected chi connectivity index (χ3v) is 8.54. The Labute approximate surface area is 237 Å². The highest BCUT2D eigenvalue weighted by Crippen LogP contribution is 2.34. The van der Waals surface area contributed by atoms with Crippen LogP contribution < -0.4 is 5.56 Å². The first-order valence-corrected chi connectivity index (χ1v) is 14.5. The Bertz CT molecular complexity index is 1730. The molecule has 1 aliphatic heterocycles. The molecular weight excluding hydrogens is 518 g/mol. The van der Waals surface area contributed by atoms with Crippen molar-refractivity contribution in [3.8, 4) is 5.69 Å². The number of fused-ring (bicyclic) bond motifs is 2. The van der Waals surface area contributed by atoms with Crippen LogP contribution in [-0.2, 0) is 17.8 Å². The van der Waals surface area contributed by atoms with Gasteiger partial charge in [-0.05, 0) is 43.0 Å². The molecule has 0 bridgehead atoms. The molecule has 0 N–H and O–H groups in total. The summed E-state index contributed by atoms with van der Waals surface area (Å²) < 4.78 is 3.45. The normalized spacial score (nSPS) is 14.4. The molecule has 8 heteroatoms. The lowest BCUT2D eigenvalue weighted by molar-refractivity contribution is -0.132. The van der Waals surface area contributed by atoms with E-state index in [2.05, 4.69) is 30.2 Å². The van der Waals surface area contributed by atoms with Crippen molar-refractivity contribution < 1.29 is 4.79 Å². The predicted molar refractivity (Wildman–Crippen MR) is 159 cm³/mol. The average Bonchev–Trinajstić information content (AvgIpc) is 3.57. The Morgan fingerprint density at radius 1 is 1.00 bits per heavy atom. The van der Waals surface area contributed by atoms with Crippen molar-refractivity contribution >= 4 is 28.7 Å². The average molecular weight is 550 g/mol. The molecule has 40 heavy (non-hydrogen) atoms. The fourth-order valence-electron chi connectivity index (χ4n) is 5.34. The summed E-state index contributed by atoms with van der Waals surface area (Å²) in [7, 11) is 0. The zero-order valence-corrected chi connectivity index (χ0v) is 23.5. The van der Waals surface area contributed by atoms with Gasteiger partial charge in [0.15, 0.2) is 10.8 Å². The van der Waals surface area contributed by atoms with Crippen molar-refractivity contribution in [1.82, 2.24) is 24.2 Å². The summed E-state index contributed by atoms with van der Waals surface area (Å²) >= 11 is 1.53. The highest BCUT2D eigenvalue weighted by molar-refractivity contribution is 7.99. The molecule has 3 aromatic carbocycles. The standard InChI is InChI=1S/C32H31N5O2S/c1-22-13-14-28(23(2)17-22)37-30-27(19-33-37)31(39)36-26(21-40-32(36)34-30)18-29(38)35(20-25-11-7-4-8-12-25)16-15-24-9-5-3-6-10-24/h3-14,17,19,26H,15-16,18,20-21H2,1-2H3. The molecule has 6 rings (SSSR count). The van der Waals surface area contributed by atoms with E-state index in [-0.39, 0.29) is 23.9 Å². The first-order chi connectivity index (χ1) is 19.5. The van der Waals surface area contributed by atoms with Crippen LogP contribution >= 0.6 is 11.8 Å². The second-order valence-electron chi connectivity index (χ2n) is 10.4. The maximum absolute atomic E-state index is 13.7. The minimum atomic E-state index is -0.253. The highest BCUT2D eigenvalue weighted by atomic mass is 32.2. The lowest BCUT2D eigenvalue weighted by Crippen LogP contribution is -2.35. The summed E-state index contributed by atoms with van der Waals surface area (Å²) in [6.07, 6.45) is 2.62. The number of benzene rings is 3. The number of rotatable bonds is 8. The van der Waals surface area contributed by atoms with Crippen molar-refractivity contribution in [2.75, 3.05) is 12.3 Å². The van der Waals surface area contributed by atoms with E-state index >= 15 is 0 Å². The first-order valence-electron chi connectivity index (χ1n) is 13.5. The van der Waals surface area contributed by atoms with Crippen molar-refractivity contribution in [1.29, 1.82) is 0 Å². The van der Waals surface area contributed by atoms with E-state index in [9.17, 15) is 9.59 Å². The Morgan fingerprint density at radius 3 is 2.45 bits per heavy atom. The van der Waals surface area contributed by atoms with Crippen molar-refractivity contribution in [3.05, 3.63) is 118 Å². The van der Waals surface area contributed by atoms with Gasteiger partial charge in [-0.25, -0.2) is 9.67 Å². The van der Waals surface area contributed by atoms with E-state index in [1.807, 2.05) is 72.5 Å². The van der Waals surface area contributed by atoms with Crippen LogP contribution in [0.5, 0.6) is 0 Å². The fourth-order valence-corrected chi connectivity index (χ4v) is 6.47. The first kappa shape index (κ1) is 26.1. The number of aryl methyl sites for hydroxylation is 2. The predicted octanol–water partition coefficient (Wildman–Crippen LogP) is 5.51. The third kappa shape index (κ3) is 5.19. The van der Waals surface area contributed by atoms with E-state index < -0.39 is 0 Å². The minimum absolute atomic E-state index is 0.0382. The van der Waals surface area contributed by atoms with Crippen LogP contribution in [0, 0.1) is 13.8 Å². The molecule has 1 amide bonds. The summed E-state index contributed by atoms with van der Waals surface area (Å²) in [5.74, 6) is 0.673. The van der Waals surface area contributed by atoms with Gasteiger partial charge in [0.1, 0.15) is 5.39 Å². The summed E-state index contributed by atoms with van der Waals surface area (Å²) in [4.78, 5) is 34.2. The molecule has 3 heterocycles. The Morgan fingerprint density at radius 2 is 1.73 bits per heavy atom. The number of hydrogen-bond donors (Lipinski definition) is 0. The van der Waals surface area contributed by atoms with E-state index in [1.54, 1.807) is 15.4 Å². The van der Waals surface area contributed by atoms with Crippen LogP contribution in [0.2, 0.25) is 0 Å². The molecule has 0 aliphatic carbocycles. The molecule has 5 aromatic rings. The molecule has 0 saturated heterocycles. The van der Waals surface area contributed by atoms with Gasteiger partial charge in [-0.1, -0.05) is 90.1 Å². The van der Waals surface area contributed by atoms with Gasteiger partial charge in [0.2, 0.25) is 5.91 Å². The van der Waals surface area contributed by atoms with E-state index in [4.69, 9.17) is 4.98 Å². The van der Waals surface area contributed by atoms with Crippen LogP contribution in [0.15, 0.2) is 95.0 Å². The van der Waals surface area contributed by atoms with Gasteiger partial charge in [-0.15, -0.1) is 0 Å².